The number of benzene rings is 1. The molecule has 2 aliphatic rings. The summed E-state index contributed by atoms with van der Waals surface area (Å²) in [5.74, 6) is 1.04. The van der Waals surface area contributed by atoms with Crippen LogP contribution in [0.3, 0.4) is 0 Å². The predicted molar refractivity (Wildman–Crippen MR) is 80.8 cm³/mol. The van der Waals surface area contributed by atoms with E-state index in [1.54, 1.807) is 0 Å². The fourth-order valence-electron chi connectivity index (χ4n) is 3.42. The number of ether oxygens (including phenoxy) is 2. The number of fused-ring (bicyclic) bond motifs is 1. The van der Waals surface area contributed by atoms with Gasteiger partial charge in [-0.15, -0.1) is 0 Å². The Bertz CT molecular complexity index is 497. The van der Waals surface area contributed by atoms with Crippen molar-refractivity contribution in [1.29, 1.82) is 0 Å². The van der Waals surface area contributed by atoms with Crippen LogP contribution < -0.4 is 10.1 Å². The summed E-state index contributed by atoms with van der Waals surface area (Å²) in [6, 6.07) is 4.33. The van der Waals surface area contributed by atoms with Gasteiger partial charge in [-0.3, -0.25) is 0 Å². The average Bonchev–Trinajstić information content (AvgIpc) is 3.04. The largest absolute Gasteiger partial charge is 0.493 e. The third-order valence-corrected chi connectivity index (χ3v) is 4.80. The van der Waals surface area contributed by atoms with E-state index in [0.29, 0.717) is 0 Å². The van der Waals surface area contributed by atoms with Crippen LogP contribution in [0.1, 0.15) is 30.9 Å². The van der Waals surface area contributed by atoms with E-state index in [2.05, 4.69) is 12.2 Å². The zero-order chi connectivity index (χ0) is 14.2. The first kappa shape index (κ1) is 14.2. The van der Waals surface area contributed by atoms with Crippen molar-refractivity contribution in [2.75, 3.05) is 20.3 Å². The number of rotatable bonds is 4. The molecule has 1 N–H and O–H groups in total. The van der Waals surface area contributed by atoms with Gasteiger partial charge in [0.1, 0.15) is 5.75 Å². The lowest BCUT2D eigenvalue weighted by Gasteiger charge is -2.33. The Morgan fingerprint density at radius 3 is 2.95 bits per heavy atom. The van der Waals surface area contributed by atoms with Crippen LogP contribution in [0.15, 0.2) is 12.1 Å². The lowest BCUT2D eigenvalue weighted by atomic mass is 9.87. The zero-order valence-electron chi connectivity index (χ0n) is 12.2. The van der Waals surface area contributed by atoms with E-state index in [9.17, 15) is 0 Å². The zero-order valence-corrected chi connectivity index (χ0v) is 12.9. The first-order chi connectivity index (χ1) is 9.62. The SMILES string of the molecule is CNC(Cc1cc(Cl)cc2c1OCC2)C1(C)CCCO1. The first-order valence-electron chi connectivity index (χ1n) is 7.38. The average molecular weight is 296 g/mol. The van der Waals surface area contributed by atoms with Crippen molar-refractivity contribution in [3.05, 3.63) is 28.3 Å². The Balaban J connectivity index is 1.86. The summed E-state index contributed by atoms with van der Waals surface area (Å²) in [4.78, 5) is 0. The van der Waals surface area contributed by atoms with Gasteiger partial charge in [0, 0.05) is 24.1 Å². The molecule has 2 aliphatic heterocycles. The molecule has 110 valence electrons. The Hall–Kier alpha value is -0.770. The third-order valence-electron chi connectivity index (χ3n) is 4.58. The maximum absolute atomic E-state index is 6.24. The predicted octanol–water partition coefficient (Wildman–Crippen LogP) is 2.97. The summed E-state index contributed by atoms with van der Waals surface area (Å²) in [7, 11) is 2.00. The van der Waals surface area contributed by atoms with E-state index >= 15 is 0 Å². The Kier molecular flexibility index (Phi) is 3.93. The highest BCUT2D eigenvalue weighted by Gasteiger charge is 2.38. The molecule has 0 aliphatic carbocycles. The summed E-state index contributed by atoms with van der Waals surface area (Å²) in [5.41, 5.74) is 2.34. The normalized spacial score (nSPS) is 26.4. The van der Waals surface area contributed by atoms with Gasteiger partial charge in [0.15, 0.2) is 0 Å². The summed E-state index contributed by atoms with van der Waals surface area (Å²) < 4.78 is 11.8. The fourth-order valence-corrected chi connectivity index (χ4v) is 3.68. The highest BCUT2D eigenvalue weighted by Crippen LogP contribution is 2.36. The van der Waals surface area contributed by atoms with Gasteiger partial charge in [0.2, 0.25) is 0 Å². The molecular weight excluding hydrogens is 274 g/mol. The Morgan fingerprint density at radius 1 is 1.40 bits per heavy atom. The molecule has 2 unspecified atom stereocenters. The van der Waals surface area contributed by atoms with Gasteiger partial charge >= 0.3 is 0 Å². The standard InChI is InChI=1S/C16H22ClNO2/c1-16(5-3-6-20-16)14(18-2)10-12-9-13(17)8-11-4-7-19-15(11)12/h8-9,14,18H,3-7,10H2,1-2H3. The van der Waals surface area contributed by atoms with Crippen LogP contribution in [0.2, 0.25) is 5.02 Å². The molecule has 2 heterocycles. The van der Waals surface area contributed by atoms with Gasteiger partial charge in [-0.1, -0.05) is 11.6 Å². The minimum atomic E-state index is -0.0947. The molecule has 0 aromatic heterocycles. The van der Waals surface area contributed by atoms with Crippen molar-refractivity contribution in [2.24, 2.45) is 0 Å². The van der Waals surface area contributed by atoms with Crippen molar-refractivity contribution in [1.82, 2.24) is 5.32 Å². The lowest BCUT2D eigenvalue weighted by molar-refractivity contribution is -0.00954. The van der Waals surface area contributed by atoms with E-state index in [-0.39, 0.29) is 11.6 Å². The molecule has 3 nitrogen and oxygen atoms in total. The molecule has 2 atom stereocenters. The van der Waals surface area contributed by atoms with Crippen LogP contribution in [-0.2, 0) is 17.6 Å². The maximum Gasteiger partial charge on any atom is 0.125 e. The van der Waals surface area contributed by atoms with Crippen LogP contribution >= 0.6 is 11.6 Å². The highest BCUT2D eigenvalue weighted by molar-refractivity contribution is 6.30. The monoisotopic (exact) mass is 295 g/mol. The van der Waals surface area contributed by atoms with Crippen molar-refractivity contribution in [3.63, 3.8) is 0 Å². The molecular formula is C16H22ClNO2. The molecule has 1 fully saturated rings. The number of hydrogen-bond donors (Lipinski definition) is 1. The van der Waals surface area contributed by atoms with Crippen molar-refractivity contribution < 1.29 is 9.47 Å². The molecule has 0 saturated carbocycles. The summed E-state index contributed by atoms with van der Waals surface area (Å²) in [6.45, 7) is 3.83. The van der Waals surface area contributed by atoms with Crippen LogP contribution in [0.25, 0.3) is 0 Å². The molecule has 0 spiro atoms. The second-order valence-electron chi connectivity index (χ2n) is 5.96. The van der Waals surface area contributed by atoms with Crippen molar-refractivity contribution in [3.8, 4) is 5.75 Å². The van der Waals surface area contributed by atoms with Gasteiger partial charge in [-0.05, 0) is 56.5 Å². The van der Waals surface area contributed by atoms with Gasteiger partial charge in [0.25, 0.3) is 0 Å². The second-order valence-corrected chi connectivity index (χ2v) is 6.40. The molecule has 20 heavy (non-hydrogen) atoms. The number of hydrogen-bond acceptors (Lipinski definition) is 3. The van der Waals surface area contributed by atoms with E-state index in [0.717, 1.165) is 49.7 Å². The number of halogens is 1. The summed E-state index contributed by atoms with van der Waals surface area (Å²) >= 11 is 6.24. The van der Waals surface area contributed by atoms with Gasteiger partial charge in [-0.25, -0.2) is 0 Å². The van der Waals surface area contributed by atoms with E-state index in [1.807, 2.05) is 19.2 Å². The maximum atomic E-state index is 6.24. The summed E-state index contributed by atoms with van der Waals surface area (Å²) in [5, 5.41) is 4.22. The van der Waals surface area contributed by atoms with E-state index in [4.69, 9.17) is 21.1 Å². The molecule has 1 aromatic carbocycles. The molecule has 3 rings (SSSR count). The van der Waals surface area contributed by atoms with Gasteiger partial charge < -0.3 is 14.8 Å². The van der Waals surface area contributed by atoms with Crippen LogP contribution in [0, 0.1) is 0 Å². The Morgan fingerprint density at radius 2 is 2.25 bits per heavy atom. The molecule has 0 amide bonds. The molecule has 4 heteroatoms. The fraction of sp³-hybridized carbons (Fsp3) is 0.625. The van der Waals surface area contributed by atoms with E-state index in [1.165, 1.54) is 11.1 Å². The van der Waals surface area contributed by atoms with Gasteiger partial charge in [-0.2, -0.15) is 0 Å². The quantitative estimate of drug-likeness (QED) is 0.926. The molecule has 0 radical (unpaired) electrons. The third kappa shape index (κ3) is 2.54. The number of likely N-dealkylation sites (N-methyl/N-ethyl adjacent to an activating group) is 1. The van der Waals surface area contributed by atoms with Crippen molar-refractivity contribution in [2.45, 2.75) is 44.2 Å². The summed E-state index contributed by atoms with van der Waals surface area (Å²) in [6.07, 6.45) is 4.08. The lowest BCUT2D eigenvalue weighted by Crippen LogP contribution is -2.48. The van der Waals surface area contributed by atoms with Crippen LogP contribution in [-0.4, -0.2) is 31.9 Å². The minimum Gasteiger partial charge on any atom is -0.493 e. The van der Waals surface area contributed by atoms with E-state index < -0.39 is 0 Å². The smallest absolute Gasteiger partial charge is 0.125 e. The van der Waals surface area contributed by atoms with Gasteiger partial charge in [0.05, 0.1) is 12.2 Å². The Labute approximate surface area is 125 Å². The topological polar surface area (TPSA) is 30.5 Å². The van der Waals surface area contributed by atoms with Crippen molar-refractivity contribution >= 4 is 11.6 Å². The molecule has 0 bridgehead atoms. The molecule has 1 saturated heterocycles. The first-order valence-corrected chi connectivity index (χ1v) is 7.75. The number of nitrogens with one attached hydrogen (secondary N) is 1. The second kappa shape index (κ2) is 5.55. The van der Waals surface area contributed by atoms with Crippen LogP contribution in [0.4, 0.5) is 0 Å². The minimum absolute atomic E-state index is 0.0947. The van der Waals surface area contributed by atoms with Crippen LogP contribution in [0.5, 0.6) is 5.75 Å². The highest BCUT2D eigenvalue weighted by atomic mass is 35.5. The molecule has 1 aromatic rings.